The molecule has 0 aromatic heterocycles. The Morgan fingerprint density at radius 2 is 1.33 bits per heavy atom. The van der Waals surface area contributed by atoms with Crippen LogP contribution in [0, 0.1) is 0 Å². The van der Waals surface area contributed by atoms with Gasteiger partial charge in [0, 0.05) is 11.8 Å². The SMILES string of the molecule is O=C(OCCC(O)(C(F)(F)F)C(F)(F)F)c1cc(-c2ccc(S(=O)(=O)O)cc2)cc2c(S(=O)(=O)O)cccc12. The smallest absolute Gasteiger partial charge is 0.426 e. The van der Waals surface area contributed by atoms with Gasteiger partial charge in [-0.2, -0.15) is 43.2 Å². The van der Waals surface area contributed by atoms with Crippen LogP contribution in [0.2, 0.25) is 0 Å². The van der Waals surface area contributed by atoms with Crippen LogP contribution in [0.15, 0.2) is 64.4 Å². The molecule has 0 heterocycles. The molecule has 17 heteroatoms. The van der Waals surface area contributed by atoms with Crippen molar-refractivity contribution in [3.05, 3.63) is 60.2 Å². The molecule has 0 fully saturated rings. The van der Waals surface area contributed by atoms with Crippen LogP contribution in [-0.4, -0.2) is 61.6 Å². The Kier molecular flexibility index (Phi) is 7.81. The molecule has 0 spiro atoms. The van der Waals surface area contributed by atoms with Crippen LogP contribution in [0.5, 0.6) is 0 Å². The zero-order valence-electron chi connectivity index (χ0n) is 19.0. The predicted octanol–water partition coefficient (Wildman–Crippen LogP) is 4.40. The van der Waals surface area contributed by atoms with Crippen molar-refractivity contribution >= 4 is 37.0 Å². The monoisotopic (exact) mass is 602 g/mol. The highest BCUT2D eigenvalue weighted by Crippen LogP contribution is 2.45. The number of carbonyl (C=O) groups excluding carboxylic acids is 1. The van der Waals surface area contributed by atoms with Gasteiger partial charge in [-0.25, -0.2) is 4.79 Å². The Balaban J connectivity index is 2.10. The van der Waals surface area contributed by atoms with Crippen LogP contribution in [-0.2, 0) is 25.0 Å². The first kappa shape index (κ1) is 30.3. The van der Waals surface area contributed by atoms with E-state index in [9.17, 15) is 57.6 Å². The molecule has 0 aliphatic heterocycles. The van der Waals surface area contributed by atoms with Gasteiger partial charge in [0.05, 0.1) is 17.1 Å². The van der Waals surface area contributed by atoms with Gasteiger partial charge in [0.1, 0.15) is 4.90 Å². The van der Waals surface area contributed by atoms with Gasteiger partial charge in [-0.3, -0.25) is 9.11 Å². The minimum absolute atomic E-state index is 0.0190. The number of aliphatic hydroxyl groups is 1. The van der Waals surface area contributed by atoms with E-state index < -0.39 is 72.5 Å². The summed E-state index contributed by atoms with van der Waals surface area (Å²) in [6.45, 7) is -1.55. The van der Waals surface area contributed by atoms with Crippen molar-refractivity contribution in [3.63, 3.8) is 0 Å². The van der Waals surface area contributed by atoms with Gasteiger partial charge in [-0.1, -0.05) is 24.3 Å². The lowest BCUT2D eigenvalue weighted by Crippen LogP contribution is -2.57. The van der Waals surface area contributed by atoms with Gasteiger partial charge in [0.15, 0.2) is 0 Å². The third kappa shape index (κ3) is 6.17. The lowest BCUT2D eigenvalue weighted by molar-refractivity contribution is -0.371. The fraction of sp³-hybridized carbons (Fsp3) is 0.227. The van der Waals surface area contributed by atoms with E-state index >= 15 is 0 Å². The minimum Gasteiger partial charge on any atom is -0.462 e. The van der Waals surface area contributed by atoms with Gasteiger partial charge >= 0.3 is 18.3 Å². The van der Waals surface area contributed by atoms with E-state index in [1.54, 1.807) is 0 Å². The van der Waals surface area contributed by atoms with Crippen molar-refractivity contribution in [2.24, 2.45) is 0 Å². The number of fused-ring (bicyclic) bond motifs is 1. The number of alkyl halides is 6. The highest BCUT2D eigenvalue weighted by molar-refractivity contribution is 7.86. The molecule has 0 bridgehead atoms. The molecule has 3 aromatic rings. The molecule has 212 valence electrons. The number of ether oxygens (including phenoxy) is 1. The maximum absolute atomic E-state index is 12.9. The van der Waals surface area contributed by atoms with Crippen molar-refractivity contribution in [3.8, 4) is 11.1 Å². The summed E-state index contributed by atoms with van der Waals surface area (Å²) in [4.78, 5) is 11.5. The molecule has 3 N–H and O–H groups in total. The van der Waals surface area contributed by atoms with Gasteiger partial charge in [0.2, 0.25) is 0 Å². The Labute approximate surface area is 216 Å². The number of esters is 1. The third-order valence-corrected chi connectivity index (χ3v) is 7.35. The summed E-state index contributed by atoms with van der Waals surface area (Å²) in [5.74, 6) is -1.50. The third-order valence-electron chi connectivity index (χ3n) is 5.57. The fourth-order valence-corrected chi connectivity index (χ4v) is 4.73. The van der Waals surface area contributed by atoms with E-state index in [2.05, 4.69) is 4.74 Å². The van der Waals surface area contributed by atoms with Crippen LogP contribution in [0.25, 0.3) is 21.9 Å². The fourth-order valence-electron chi connectivity index (χ4n) is 3.55. The number of halogens is 6. The summed E-state index contributed by atoms with van der Waals surface area (Å²) in [5.41, 5.74) is -5.63. The van der Waals surface area contributed by atoms with Gasteiger partial charge in [-0.05, 0) is 46.8 Å². The van der Waals surface area contributed by atoms with Crippen LogP contribution in [0.1, 0.15) is 16.8 Å². The average molecular weight is 602 g/mol. The standard InChI is InChI=1S/C22H16F6O9S2/c23-21(24,25)20(30,22(26,27)28)8-9-37-19(29)17-11-13(12-4-6-14(7-5-12)38(31,32)33)10-16-15(17)2-1-3-18(16)39(34,35)36/h1-7,10-11,30H,8-9H2,(H,31,32,33)(H,34,35,36). The maximum atomic E-state index is 12.9. The van der Waals surface area contributed by atoms with Crippen LogP contribution >= 0.6 is 0 Å². The maximum Gasteiger partial charge on any atom is 0.426 e. The summed E-state index contributed by atoms with van der Waals surface area (Å²) < 4.78 is 147. The molecule has 0 aliphatic carbocycles. The Bertz CT molecular complexity index is 1620. The molecule has 0 saturated carbocycles. The Morgan fingerprint density at radius 3 is 1.82 bits per heavy atom. The van der Waals surface area contributed by atoms with E-state index in [0.717, 1.165) is 54.6 Å². The van der Waals surface area contributed by atoms with Crippen molar-refractivity contribution in [1.82, 2.24) is 0 Å². The summed E-state index contributed by atoms with van der Waals surface area (Å²) in [6.07, 6.45) is -14.4. The molecular weight excluding hydrogens is 586 g/mol. The van der Waals surface area contributed by atoms with Crippen LogP contribution < -0.4 is 0 Å². The highest BCUT2D eigenvalue weighted by Gasteiger charge is 2.70. The molecule has 9 nitrogen and oxygen atoms in total. The number of hydrogen-bond donors (Lipinski definition) is 3. The average Bonchev–Trinajstić information content (AvgIpc) is 2.80. The quantitative estimate of drug-likeness (QED) is 0.203. The summed E-state index contributed by atoms with van der Waals surface area (Å²) >= 11 is 0. The van der Waals surface area contributed by atoms with Gasteiger partial charge < -0.3 is 9.84 Å². The molecule has 0 atom stereocenters. The second-order valence-corrected chi connectivity index (χ2v) is 10.9. The minimum atomic E-state index is -6.15. The lowest BCUT2D eigenvalue weighted by Gasteiger charge is -2.32. The molecule has 3 aromatic carbocycles. The molecule has 0 saturated heterocycles. The van der Waals surface area contributed by atoms with Crippen LogP contribution in [0.4, 0.5) is 26.3 Å². The number of benzene rings is 3. The lowest BCUT2D eigenvalue weighted by atomic mass is 9.96. The molecule has 0 aliphatic rings. The molecular formula is C22H16F6O9S2. The molecule has 0 radical (unpaired) electrons. The van der Waals surface area contributed by atoms with E-state index in [1.807, 2.05) is 0 Å². The van der Waals surface area contributed by atoms with E-state index in [-0.39, 0.29) is 21.9 Å². The van der Waals surface area contributed by atoms with Gasteiger partial charge in [-0.15, -0.1) is 0 Å². The largest absolute Gasteiger partial charge is 0.462 e. The van der Waals surface area contributed by atoms with E-state index in [4.69, 9.17) is 4.55 Å². The van der Waals surface area contributed by atoms with Crippen molar-refractivity contribution in [2.75, 3.05) is 6.61 Å². The first-order chi connectivity index (χ1) is 17.7. The van der Waals surface area contributed by atoms with Gasteiger partial charge in [0.25, 0.3) is 25.8 Å². The van der Waals surface area contributed by atoms with Crippen molar-refractivity contribution < 1.29 is 66.9 Å². The normalized spacial score (nSPS) is 13.5. The first-order valence-electron chi connectivity index (χ1n) is 10.3. The molecule has 39 heavy (non-hydrogen) atoms. The highest BCUT2D eigenvalue weighted by atomic mass is 32.2. The Morgan fingerprint density at radius 1 is 0.769 bits per heavy atom. The first-order valence-corrected chi connectivity index (χ1v) is 13.2. The number of carbonyl (C=O) groups is 1. The second kappa shape index (κ2) is 10.1. The summed E-state index contributed by atoms with van der Waals surface area (Å²) in [5, 5.41) is 8.71. The second-order valence-electron chi connectivity index (χ2n) is 8.09. The molecule has 0 amide bonds. The zero-order valence-corrected chi connectivity index (χ0v) is 20.6. The number of rotatable bonds is 7. The van der Waals surface area contributed by atoms with Crippen molar-refractivity contribution in [2.45, 2.75) is 34.2 Å². The number of hydrogen-bond acceptors (Lipinski definition) is 7. The topological polar surface area (TPSA) is 155 Å². The van der Waals surface area contributed by atoms with Crippen molar-refractivity contribution in [1.29, 1.82) is 0 Å². The molecule has 0 unspecified atom stereocenters. The zero-order chi connectivity index (χ0) is 29.6. The van der Waals surface area contributed by atoms with E-state index in [0.29, 0.717) is 0 Å². The Hall–Kier alpha value is -3.25. The molecule has 3 rings (SSSR count). The predicted molar refractivity (Wildman–Crippen MR) is 121 cm³/mol. The summed E-state index contributed by atoms with van der Waals surface area (Å²) in [7, 11) is -9.51. The summed E-state index contributed by atoms with van der Waals surface area (Å²) in [6, 6.07) is 9.58. The van der Waals surface area contributed by atoms with Crippen LogP contribution in [0.3, 0.4) is 0 Å². The van der Waals surface area contributed by atoms with E-state index in [1.165, 1.54) is 0 Å².